The van der Waals surface area contributed by atoms with Crippen molar-refractivity contribution in [3.8, 4) is 0 Å². The third kappa shape index (κ3) is 5.13. The van der Waals surface area contributed by atoms with Gasteiger partial charge in [0.05, 0.1) is 22.5 Å². The van der Waals surface area contributed by atoms with Crippen LogP contribution in [-0.4, -0.2) is 5.84 Å². The Morgan fingerprint density at radius 1 is 0.700 bits per heavy atom. The van der Waals surface area contributed by atoms with Crippen LogP contribution in [0.4, 0.5) is 37.7 Å². The van der Waals surface area contributed by atoms with Crippen molar-refractivity contribution in [1.29, 1.82) is 0 Å². The number of benzene rings is 3. The molecule has 0 aliphatic carbocycles. The van der Waals surface area contributed by atoms with Gasteiger partial charge in [-0.25, -0.2) is 4.99 Å². The summed E-state index contributed by atoms with van der Waals surface area (Å²) in [4.78, 5) is 4.02. The number of hydrogen-bond donors (Lipinski definition) is 1. The van der Waals surface area contributed by atoms with Crippen molar-refractivity contribution in [3.05, 3.63) is 94.5 Å². The molecule has 30 heavy (non-hydrogen) atoms. The monoisotopic (exact) mass is 442 g/mol. The Labute approximate surface area is 172 Å². The Morgan fingerprint density at radius 3 is 1.83 bits per heavy atom. The van der Waals surface area contributed by atoms with Crippen molar-refractivity contribution in [2.75, 3.05) is 5.32 Å². The minimum absolute atomic E-state index is 0.194. The molecule has 0 unspecified atom stereocenters. The van der Waals surface area contributed by atoms with Crippen molar-refractivity contribution in [2.45, 2.75) is 12.4 Å². The van der Waals surface area contributed by atoms with Gasteiger partial charge in [-0.2, -0.15) is 26.3 Å². The summed E-state index contributed by atoms with van der Waals surface area (Å²) < 4.78 is 80.1. The molecule has 0 aliphatic heterocycles. The maximum Gasteiger partial charge on any atom is 0.418 e. The lowest BCUT2D eigenvalue weighted by Crippen LogP contribution is -2.18. The minimum atomic E-state index is -4.69. The van der Waals surface area contributed by atoms with Gasteiger partial charge in [0.1, 0.15) is 5.84 Å². The fourth-order valence-corrected chi connectivity index (χ4v) is 2.80. The van der Waals surface area contributed by atoms with Gasteiger partial charge in [-0.3, -0.25) is 0 Å². The van der Waals surface area contributed by atoms with E-state index in [0.29, 0.717) is 5.02 Å². The number of hydrogen-bond acceptors (Lipinski definition) is 1. The third-order valence-corrected chi connectivity index (χ3v) is 4.30. The summed E-state index contributed by atoms with van der Waals surface area (Å²) in [6.45, 7) is 0. The predicted molar refractivity (Wildman–Crippen MR) is 104 cm³/mol. The molecule has 2 nitrogen and oxygen atoms in total. The standard InChI is InChI=1S/C21H13ClF6N2/c22-14-11-9-13(10-12-14)19(29-17-7-3-1-5-15(17)20(23,24)25)30-18-8-4-2-6-16(18)21(26,27)28/h1-12H,(H,29,30). The first-order chi connectivity index (χ1) is 14.1. The Balaban J connectivity index is 2.15. The van der Waals surface area contributed by atoms with Gasteiger partial charge in [0.25, 0.3) is 0 Å². The highest BCUT2D eigenvalue weighted by atomic mass is 35.5. The number of aliphatic imine (C=N–C) groups is 1. The van der Waals surface area contributed by atoms with E-state index in [0.717, 1.165) is 18.2 Å². The van der Waals surface area contributed by atoms with Crippen LogP contribution in [0.1, 0.15) is 16.7 Å². The smallest absolute Gasteiger partial charge is 0.339 e. The molecule has 3 aromatic carbocycles. The number of halogens is 7. The van der Waals surface area contributed by atoms with Gasteiger partial charge in [-0.05, 0) is 48.5 Å². The average Bonchev–Trinajstić information content (AvgIpc) is 2.67. The topological polar surface area (TPSA) is 24.4 Å². The predicted octanol–water partition coefficient (Wildman–Crippen LogP) is 7.57. The van der Waals surface area contributed by atoms with E-state index in [1.165, 1.54) is 54.6 Å². The Morgan fingerprint density at radius 2 is 1.23 bits per heavy atom. The van der Waals surface area contributed by atoms with Crippen LogP contribution < -0.4 is 5.32 Å². The Kier molecular flexibility index (Phi) is 6.07. The molecule has 0 aliphatic rings. The molecule has 0 saturated heterocycles. The molecule has 156 valence electrons. The van der Waals surface area contributed by atoms with Gasteiger partial charge >= 0.3 is 12.4 Å². The molecule has 3 aromatic rings. The number of alkyl halides is 6. The Bertz CT molecular complexity index is 1060. The number of nitrogens with zero attached hydrogens (tertiary/aromatic N) is 1. The molecule has 0 aromatic heterocycles. The molecular formula is C21H13ClF6N2. The van der Waals surface area contributed by atoms with Gasteiger partial charge in [0.2, 0.25) is 0 Å². The number of nitrogens with one attached hydrogen (secondary N) is 1. The lowest BCUT2D eigenvalue weighted by Gasteiger charge is -2.17. The quantitative estimate of drug-likeness (QED) is 0.252. The molecule has 0 spiro atoms. The number of para-hydroxylation sites is 2. The van der Waals surface area contributed by atoms with Crippen molar-refractivity contribution >= 4 is 28.8 Å². The van der Waals surface area contributed by atoms with Crippen molar-refractivity contribution in [3.63, 3.8) is 0 Å². The largest absolute Gasteiger partial charge is 0.418 e. The van der Waals surface area contributed by atoms with Gasteiger partial charge < -0.3 is 5.32 Å². The summed E-state index contributed by atoms with van der Waals surface area (Å²) in [5, 5.41) is 2.89. The number of anilines is 1. The van der Waals surface area contributed by atoms with Crippen LogP contribution in [0.15, 0.2) is 77.8 Å². The highest BCUT2D eigenvalue weighted by Gasteiger charge is 2.34. The van der Waals surface area contributed by atoms with Crippen molar-refractivity contribution < 1.29 is 26.3 Å². The fraction of sp³-hybridized carbons (Fsp3) is 0.0952. The first-order valence-electron chi connectivity index (χ1n) is 8.50. The van der Waals surface area contributed by atoms with Crippen LogP contribution in [0.2, 0.25) is 5.02 Å². The second-order valence-corrected chi connectivity index (χ2v) is 6.59. The molecule has 3 rings (SSSR count). The molecule has 0 fully saturated rings. The average molecular weight is 443 g/mol. The van der Waals surface area contributed by atoms with Crippen LogP contribution in [0.3, 0.4) is 0 Å². The van der Waals surface area contributed by atoms with E-state index >= 15 is 0 Å². The molecular weight excluding hydrogens is 430 g/mol. The van der Waals surface area contributed by atoms with E-state index in [-0.39, 0.29) is 17.1 Å². The second kappa shape index (κ2) is 8.39. The molecule has 0 heterocycles. The van der Waals surface area contributed by atoms with Crippen LogP contribution in [0.5, 0.6) is 0 Å². The fourth-order valence-electron chi connectivity index (χ4n) is 2.67. The number of amidine groups is 1. The first-order valence-corrected chi connectivity index (χ1v) is 8.87. The zero-order chi connectivity index (χ0) is 21.9. The first kappa shape index (κ1) is 21.7. The molecule has 0 bridgehead atoms. The van der Waals surface area contributed by atoms with Crippen LogP contribution in [0.25, 0.3) is 0 Å². The van der Waals surface area contributed by atoms with Crippen molar-refractivity contribution in [2.24, 2.45) is 4.99 Å². The zero-order valence-electron chi connectivity index (χ0n) is 15.0. The number of rotatable bonds is 3. The third-order valence-electron chi connectivity index (χ3n) is 4.04. The minimum Gasteiger partial charge on any atom is -0.339 e. The van der Waals surface area contributed by atoms with Gasteiger partial charge in [0, 0.05) is 10.6 Å². The summed E-state index contributed by atoms with van der Waals surface area (Å²) >= 11 is 5.85. The molecule has 1 N–H and O–H groups in total. The highest BCUT2D eigenvalue weighted by Crippen LogP contribution is 2.37. The van der Waals surface area contributed by atoms with Crippen LogP contribution >= 0.6 is 11.6 Å². The van der Waals surface area contributed by atoms with E-state index in [1.807, 2.05) is 0 Å². The molecule has 9 heteroatoms. The summed E-state index contributed by atoms with van der Waals surface area (Å²) in [6, 6.07) is 15.0. The second-order valence-electron chi connectivity index (χ2n) is 6.15. The Hall–Kier alpha value is -3.00. The normalized spacial score (nSPS) is 12.7. The molecule has 0 saturated carbocycles. The summed E-state index contributed by atoms with van der Waals surface area (Å²) in [7, 11) is 0. The van der Waals surface area contributed by atoms with E-state index in [2.05, 4.69) is 10.3 Å². The summed E-state index contributed by atoms with van der Waals surface area (Å²) in [6.07, 6.45) is -9.35. The van der Waals surface area contributed by atoms with E-state index in [1.54, 1.807) is 0 Å². The maximum atomic E-state index is 13.4. The van der Waals surface area contributed by atoms with Gasteiger partial charge in [-0.1, -0.05) is 35.9 Å². The van der Waals surface area contributed by atoms with Gasteiger partial charge in [-0.15, -0.1) is 0 Å². The van der Waals surface area contributed by atoms with E-state index in [4.69, 9.17) is 11.6 Å². The van der Waals surface area contributed by atoms with E-state index < -0.39 is 29.2 Å². The maximum absolute atomic E-state index is 13.4. The van der Waals surface area contributed by atoms with Gasteiger partial charge in [0.15, 0.2) is 0 Å². The highest BCUT2D eigenvalue weighted by molar-refractivity contribution is 6.30. The van der Waals surface area contributed by atoms with Crippen LogP contribution in [-0.2, 0) is 12.4 Å². The molecule has 0 amide bonds. The SMILES string of the molecule is FC(F)(F)c1ccccc1N=C(Nc1ccccc1C(F)(F)F)c1ccc(Cl)cc1. The summed E-state index contributed by atoms with van der Waals surface area (Å²) in [5.74, 6) is -0.194. The summed E-state index contributed by atoms with van der Waals surface area (Å²) in [5.41, 5.74) is -2.51. The molecule has 0 radical (unpaired) electrons. The lowest BCUT2D eigenvalue weighted by atomic mass is 10.1. The molecule has 0 atom stereocenters. The lowest BCUT2D eigenvalue weighted by molar-refractivity contribution is -0.137. The zero-order valence-corrected chi connectivity index (χ0v) is 15.8. The van der Waals surface area contributed by atoms with Crippen LogP contribution in [0, 0.1) is 0 Å². The van der Waals surface area contributed by atoms with Crippen molar-refractivity contribution in [1.82, 2.24) is 0 Å². The van der Waals surface area contributed by atoms with E-state index in [9.17, 15) is 26.3 Å².